The second-order valence-corrected chi connectivity index (χ2v) is 7.58. The molecule has 0 atom stereocenters. The van der Waals surface area contributed by atoms with E-state index in [1.807, 2.05) is 6.07 Å². The number of rotatable bonds is 9. The van der Waals surface area contributed by atoms with E-state index >= 15 is 0 Å². The van der Waals surface area contributed by atoms with E-state index < -0.39 is 13.5 Å². The molecule has 0 fully saturated rings. The van der Waals surface area contributed by atoms with Crippen LogP contribution in [0.1, 0.15) is 12.0 Å². The lowest BCUT2D eigenvalue weighted by Gasteiger charge is -2.43. The van der Waals surface area contributed by atoms with Crippen molar-refractivity contribution < 1.29 is 33.3 Å². The third-order valence-corrected chi connectivity index (χ3v) is 5.06. The largest absolute Gasteiger partial charge is 0.482 e. The van der Waals surface area contributed by atoms with Crippen LogP contribution in [0.3, 0.4) is 0 Å². The average Bonchev–Trinajstić information content (AvgIpc) is 2.67. The molecule has 9 nitrogen and oxygen atoms in total. The Balaban J connectivity index is 2.39. The van der Waals surface area contributed by atoms with E-state index in [4.69, 9.17) is 28.7 Å². The summed E-state index contributed by atoms with van der Waals surface area (Å²) in [6.45, 7) is 0.260. The van der Waals surface area contributed by atoms with Gasteiger partial charge in [0.15, 0.2) is 5.88 Å². The van der Waals surface area contributed by atoms with Crippen molar-refractivity contribution in [2.45, 2.75) is 12.3 Å². The van der Waals surface area contributed by atoms with Crippen molar-refractivity contribution in [1.29, 1.82) is 0 Å². The fourth-order valence-electron chi connectivity index (χ4n) is 2.84. The summed E-state index contributed by atoms with van der Waals surface area (Å²) < 4.78 is 33.1. The van der Waals surface area contributed by atoms with Gasteiger partial charge in [-0.05, 0) is 23.6 Å². The molecule has 0 spiro atoms. The van der Waals surface area contributed by atoms with Gasteiger partial charge < -0.3 is 28.7 Å². The molecule has 150 valence electrons. The van der Waals surface area contributed by atoms with Crippen LogP contribution < -0.4 is 4.74 Å². The summed E-state index contributed by atoms with van der Waals surface area (Å²) in [5.41, 5.74) is 1.59. The smallest absolute Gasteiger partial charge is 0.325 e. The zero-order valence-corrected chi connectivity index (χ0v) is 16.7. The lowest BCUT2D eigenvalue weighted by molar-refractivity contribution is -0.261. The number of hydrogen-bond acceptors (Lipinski definition) is 7. The molecule has 10 heteroatoms. The summed E-state index contributed by atoms with van der Waals surface area (Å²) in [7, 11) is 1.92. The summed E-state index contributed by atoms with van der Waals surface area (Å²) in [4.78, 5) is 24.0. The Morgan fingerprint density at radius 1 is 1.19 bits per heavy atom. The maximum absolute atomic E-state index is 11.2. The molecular weight excluding hydrogens is 375 g/mol. The molecule has 0 aliphatic carbocycles. The highest BCUT2D eigenvalue weighted by Crippen LogP contribution is 2.38. The van der Waals surface area contributed by atoms with Gasteiger partial charge in [0.05, 0.1) is 20.4 Å². The zero-order valence-electron chi connectivity index (χ0n) is 15.8. The summed E-state index contributed by atoms with van der Waals surface area (Å²) >= 11 is 0. The molecule has 1 aromatic rings. The highest BCUT2D eigenvalue weighted by Gasteiger charge is 2.40. The van der Waals surface area contributed by atoms with E-state index in [-0.39, 0.29) is 19.1 Å². The van der Waals surface area contributed by atoms with Gasteiger partial charge in [-0.1, -0.05) is 0 Å². The lowest BCUT2D eigenvalue weighted by atomic mass is 10.0. The summed E-state index contributed by atoms with van der Waals surface area (Å²) in [5.74, 6) is -0.385. The first-order valence-electron chi connectivity index (χ1n) is 8.20. The Morgan fingerprint density at radius 3 is 2.44 bits per heavy atom. The number of methoxy groups -OCH3 is 4. The minimum Gasteiger partial charge on any atom is -0.482 e. The third kappa shape index (κ3) is 5.09. The number of ether oxygens (including phenoxy) is 4. The van der Waals surface area contributed by atoms with E-state index in [0.717, 1.165) is 11.1 Å². The normalized spacial score (nSPS) is 16.6. The van der Waals surface area contributed by atoms with Gasteiger partial charge in [-0.25, -0.2) is 4.98 Å². The van der Waals surface area contributed by atoms with Crippen molar-refractivity contribution in [3.05, 3.63) is 41.9 Å². The van der Waals surface area contributed by atoms with E-state index in [1.54, 1.807) is 29.3 Å². The molecule has 27 heavy (non-hydrogen) atoms. The van der Waals surface area contributed by atoms with Crippen molar-refractivity contribution in [2.24, 2.45) is 0 Å². The Kier molecular flexibility index (Phi) is 7.02. The molecule has 0 amide bonds. The minimum absolute atomic E-state index is 0.228. The zero-order chi connectivity index (χ0) is 20.1. The minimum atomic E-state index is -4.09. The second-order valence-electron chi connectivity index (χ2n) is 5.81. The van der Waals surface area contributed by atoms with Crippen LogP contribution in [-0.2, 0) is 18.8 Å². The van der Waals surface area contributed by atoms with Crippen LogP contribution in [0.25, 0.3) is 5.57 Å². The van der Waals surface area contributed by atoms with Crippen LogP contribution in [0, 0.1) is 0 Å². The summed E-state index contributed by atoms with van der Waals surface area (Å²) in [6.07, 6.45) is 5.17. The van der Waals surface area contributed by atoms with Crippen LogP contribution >= 0.6 is 7.60 Å². The molecule has 1 aliphatic rings. The van der Waals surface area contributed by atoms with Crippen LogP contribution in [-0.4, -0.2) is 66.7 Å². The van der Waals surface area contributed by atoms with Gasteiger partial charge in [-0.15, -0.1) is 0 Å². The highest BCUT2D eigenvalue weighted by atomic mass is 31.2. The molecule has 0 unspecified atom stereocenters. The molecule has 0 saturated heterocycles. The van der Waals surface area contributed by atoms with Gasteiger partial charge >= 0.3 is 7.60 Å². The SMILES string of the molecule is COC1=CC(c2ccnc(OC)c2)=CC(OC)(OC)N1CCCP(=O)(O)O. The molecule has 1 aliphatic heterocycles. The van der Waals surface area contributed by atoms with Gasteiger partial charge in [0.2, 0.25) is 5.88 Å². The maximum atomic E-state index is 11.2. The Labute approximate surface area is 158 Å². The fraction of sp³-hybridized carbons (Fsp3) is 0.471. The van der Waals surface area contributed by atoms with Crippen LogP contribution in [0.15, 0.2) is 36.4 Å². The molecule has 2 heterocycles. The fourth-order valence-corrected chi connectivity index (χ4v) is 3.39. The van der Waals surface area contributed by atoms with E-state index in [2.05, 4.69) is 4.98 Å². The van der Waals surface area contributed by atoms with E-state index in [0.29, 0.717) is 11.8 Å². The van der Waals surface area contributed by atoms with Gasteiger partial charge in [-0.2, -0.15) is 0 Å². The number of hydrogen-bond donors (Lipinski definition) is 2. The molecular formula is C17H25N2O7P. The van der Waals surface area contributed by atoms with Crippen LogP contribution in [0.2, 0.25) is 0 Å². The molecule has 0 radical (unpaired) electrons. The Hall–Kier alpha value is -1.90. The Bertz CT molecular complexity index is 755. The van der Waals surface area contributed by atoms with Gasteiger partial charge in [-0.3, -0.25) is 9.46 Å². The van der Waals surface area contributed by atoms with Crippen LogP contribution in [0.4, 0.5) is 0 Å². The molecule has 1 aromatic heterocycles. The average molecular weight is 400 g/mol. The van der Waals surface area contributed by atoms with Gasteiger partial charge in [0, 0.05) is 45.2 Å². The first-order valence-corrected chi connectivity index (χ1v) is 10.00. The van der Waals surface area contributed by atoms with E-state index in [1.165, 1.54) is 28.4 Å². The van der Waals surface area contributed by atoms with Crippen molar-refractivity contribution in [3.8, 4) is 5.88 Å². The third-order valence-electron chi connectivity index (χ3n) is 4.16. The number of aromatic nitrogens is 1. The number of allylic oxidation sites excluding steroid dienone is 2. The summed E-state index contributed by atoms with van der Waals surface area (Å²) in [6, 6.07) is 3.59. The predicted molar refractivity (Wildman–Crippen MR) is 98.8 cm³/mol. The summed E-state index contributed by atoms with van der Waals surface area (Å²) in [5, 5.41) is 0. The standard InChI is InChI=1S/C17H25N2O7P/c1-23-15-10-13(6-7-18-15)14-11-16(24-2)19(8-5-9-27(20,21)22)17(12-14,25-3)26-4/h6-7,10-12H,5,8-9H2,1-4H3,(H2,20,21,22). The topological polar surface area (TPSA) is 111 Å². The van der Waals surface area contributed by atoms with Crippen molar-refractivity contribution >= 4 is 13.2 Å². The van der Waals surface area contributed by atoms with Crippen molar-refractivity contribution in [3.63, 3.8) is 0 Å². The molecule has 2 rings (SSSR count). The maximum Gasteiger partial charge on any atom is 0.325 e. The lowest BCUT2D eigenvalue weighted by Crippen LogP contribution is -2.52. The second kappa shape index (κ2) is 8.86. The first-order chi connectivity index (χ1) is 12.8. The molecule has 2 N–H and O–H groups in total. The van der Waals surface area contributed by atoms with Crippen molar-refractivity contribution in [2.75, 3.05) is 41.1 Å². The molecule has 0 aromatic carbocycles. The molecule has 0 bridgehead atoms. The van der Waals surface area contributed by atoms with Gasteiger partial charge in [0.25, 0.3) is 5.91 Å². The van der Waals surface area contributed by atoms with Crippen LogP contribution in [0.5, 0.6) is 5.88 Å². The monoisotopic (exact) mass is 400 g/mol. The highest BCUT2D eigenvalue weighted by molar-refractivity contribution is 7.51. The molecule has 0 saturated carbocycles. The van der Waals surface area contributed by atoms with Crippen molar-refractivity contribution in [1.82, 2.24) is 9.88 Å². The number of nitrogens with zero attached hydrogens (tertiary/aromatic N) is 2. The predicted octanol–water partition coefficient (Wildman–Crippen LogP) is 1.79. The quantitative estimate of drug-likeness (QED) is 0.473. The Morgan fingerprint density at radius 2 is 1.89 bits per heavy atom. The first kappa shape index (κ1) is 21.4. The number of pyridine rings is 1. The van der Waals surface area contributed by atoms with E-state index in [9.17, 15) is 4.57 Å². The van der Waals surface area contributed by atoms with Gasteiger partial charge in [0.1, 0.15) is 0 Å².